The topological polar surface area (TPSA) is 159 Å². The fourth-order valence-electron chi connectivity index (χ4n) is 9.96. The first-order valence-electron chi connectivity index (χ1n) is 18.0. The number of hydrogen-bond donors (Lipinski definition) is 4. The molecule has 0 radical (unpaired) electrons. The monoisotopic (exact) mass is 745 g/mol. The fourth-order valence-corrected chi connectivity index (χ4v) is 11.7. The number of esters is 2. The first-order chi connectivity index (χ1) is 25.4. The highest BCUT2D eigenvalue weighted by atomic mass is 32.2. The molecule has 2 unspecified atom stereocenters. The Hall–Kier alpha value is -4.21. The van der Waals surface area contributed by atoms with E-state index in [-0.39, 0.29) is 36.7 Å². The van der Waals surface area contributed by atoms with Gasteiger partial charge in [0.05, 0.1) is 30.5 Å². The van der Waals surface area contributed by atoms with Gasteiger partial charge in [0.2, 0.25) is 6.79 Å². The predicted octanol–water partition coefficient (Wildman–Crippen LogP) is 3.71. The number of ether oxygens (including phenoxy) is 5. The quantitative estimate of drug-likeness (QED) is 0.222. The molecule has 0 aromatic heterocycles. The van der Waals surface area contributed by atoms with Crippen LogP contribution in [0.5, 0.6) is 34.5 Å². The molecule has 3 aromatic carbocycles. The number of likely N-dealkylation sites (N-methyl/N-ethyl adjacent to an activating group) is 1. The van der Waals surface area contributed by atoms with Crippen LogP contribution in [0.4, 0.5) is 0 Å². The second kappa shape index (κ2) is 12.2. The molecule has 2 fully saturated rings. The number of aryl methyl sites for hydroxylation is 2. The van der Waals surface area contributed by atoms with E-state index in [4.69, 9.17) is 23.7 Å². The van der Waals surface area contributed by atoms with Crippen LogP contribution in [0.2, 0.25) is 0 Å². The van der Waals surface area contributed by atoms with Crippen LogP contribution >= 0.6 is 11.8 Å². The number of aromatic hydroxyl groups is 2. The van der Waals surface area contributed by atoms with Gasteiger partial charge in [-0.1, -0.05) is 6.07 Å². The summed E-state index contributed by atoms with van der Waals surface area (Å²) in [6, 6.07) is 3.49. The lowest BCUT2D eigenvalue weighted by Crippen LogP contribution is -2.70. The zero-order valence-corrected chi connectivity index (χ0v) is 31.3. The van der Waals surface area contributed by atoms with Gasteiger partial charge in [-0.25, -0.2) is 4.79 Å². The molecule has 280 valence electrons. The van der Waals surface area contributed by atoms with Crippen molar-refractivity contribution in [2.75, 3.05) is 39.9 Å². The van der Waals surface area contributed by atoms with Gasteiger partial charge >= 0.3 is 11.9 Å². The molecule has 7 atom stereocenters. The number of hydrogen-bond acceptors (Lipinski definition) is 14. The molecule has 14 heteroatoms. The maximum Gasteiger partial charge on any atom is 0.331 e. The summed E-state index contributed by atoms with van der Waals surface area (Å²) in [6.45, 7) is 7.17. The first kappa shape index (κ1) is 34.6. The highest BCUT2D eigenvalue weighted by Gasteiger charge is 2.61. The van der Waals surface area contributed by atoms with Crippen LogP contribution in [0.15, 0.2) is 18.2 Å². The van der Waals surface area contributed by atoms with Crippen molar-refractivity contribution in [3.63, 3.8) is 0 Å². The largest absolute Gasteiger partial charge is 0.508 e. The number of phenols is 2. The van der Waals surface area contributed by atoms with Gasteiger partial charge in [-0.15, -0.1) is 11.8 Å². The van der Waals surface area contributed by atoms with Gasteiger partial charge in [0.25, 0.3) is 0 Å². The zero-order chi connectivity index (χ0) is 37.2. The second-order valence-electron chi connectivity index (χ2n) is 15.0. The summed E-state index contributed by atoms with van der Waals surface area (Å²) in [4.78, 5) is 31.7. The van der Waals surface area contributed by atoms with E-state index in [9.17, 15) is 24.9 Å². The minimum absolute atomic E-state index is 0.0488. The van der Waals surface area contributed by atoms with Gasteiger partial charge in [0, 0.05) is 47.5 Å². The number of nitrogens with zero attached hydrogens (tertiary/aromatic N) is 2. The molecule has 7 heterocycles. The van der Waals surface area contributed by atoms with Crippen molar-refractivity contribution in [1.82, 2.24) is 15.1 Å². The molecule has 4 N–H and O–H groups in total. The molecule has 13 nitrogen and oxygen atoms in total. The Morgan fingerprint density at radius 2 is 1.79 bits per heavy atom. The standard InChI is InChI=1S/C39H43N3O10S/c1-16-10-22-20(12-25(16)44)7-8-40-39(22)14-53-36-28-27(35-34(50-15-51-35)18(3)33(28)52-19(4)43)24(13-49-38(39)47)42-30(36)29-26-21(11-23(37(42)46)41(29)5)9-17(2)32(48-6)31(26)45/h9-10,12,23-24,29-30,36-37,40,44-46H,7-8,11,13-15H2,1-6H3/t23?,24-,29+,30+,36+,37-,39?/m0/s1. The average Bonchev–Trinajstić information content (AvgIpc) is 3.61. The number of rotatable bonds is 2. The molecular weight excluding hydrogens is 703 g/mol. The van der Waals surface area contributed by atoms with Crippen molar-refractivity contribution in [1.29, 1.82) is 0 Å². The van der Waals surface area contributed by atoms with Crippen LogP contribution in [0.1, 0.15) is 74.3 Å². The van der Waals surface area contributed by atoms with E-state index < -0.39 is 47.1 Å². The van der Waals surface area contributed by atoms with Crippen LogP contribution in [0, 0.1) is 20.8 Å². The molecule has 53 heavy (non-hydrogen) atoms. The Labute approximate surface area is 311 Å². The number of aliphatic hydroxyl groups is 1. The van der Waals surface area contributed by atoms with Gasteiger partial charge in [-0.3, -0.25) is 19.9 Å². The van der Waals surface area contributed by atoms with Gasteiger partial charge in [-0.2, -0.15) is 0 Å². The average molecular weight is 746 g/mol. The molecular formula is C39H43N3O10S. The number of piperazine rings is 1. The maximum absolute atomic E-state index is 14.6. The molecule has 7 aliphatic rings. The molecule has 0 aliphatic carbocycles. The Bertz CT molecular complexity index is 2110. The van der Waals surface area contributed by atoms with E-state index in [0.717, 1.165) is 22.3 Å². The second-order valence-corrected chi connectivity index (χ2v) is 16.2. The van der Waals surface area contributed by atoms with Crippen LogP contribution in [0.3, 0.4) is 0 Å². The lowest BCUT2D eigenvalue weighted by molar-refractivity contribution is -0.186. The van der Waals surface area contributed by atoms with Crippen molar-refractivity contribution >= 4 is 23.7 Å². The van der Waals surface area contributed by atoms with E-state index in [0.29, 0.717) is 70.2 Å². The SMILES string of the molecule is COc1c(C)cc2c(c1O)[C@@H]1[C@@H]3[C@@H]4SCC5(NCCc6cc(O)c(C)cc65)C(=O)OC[C@@H](c5c6c(c(C)c(OC(C)=O)c54)OCO6)N3[C@@H](O)C(C2)N1C. The maximum atomic E-state index is 14.6. The lowest BCUT2D eigenvalue weighted by Gasteiger charge is -2.62. The Balaban J connectivity index is 1.32. The van der Waals surface area contributed by atoms with Crippen LogP contribution in [-0.4, -0.2) is 95.2 Å². The molecule has 1 spiro atoms. The fraction of sp³-hybridized carbons (Fsp3) is 0.487. The van der Waals surface area contributed by atoms with Crippen molar-refractivity contribution in [3.05, 3.63) is 68.3 Å². The molecule has 7 aliphatic heterocycles. The Morgan fingerprint density at radius 3 is 2.55 bits per heavy atom. The van der Waals surface area contributed by atoms with E-state index in [1.54, 1.807) is 13.2 Å². The number of carbonyl (C=O) groups excluding carboxylic acids is 2. The molecule has 2 saturated heterocycles. The molecule has 0 amide bonds. The minimum Gasteiger partial charge on any atom is -0.508 e. The summed E-state index contributed by atoms with van der Waals surface area (Å²) in [5.41, 5.74) is 5.34. The van der Waals surface area contributed by atoms with Gasteiger partial charge in [-0.05, 0) is 80.6 Å². The highest BCUT2D eigenvalue weighted by molar-refractivity contribution is 7.99. The summed E-state index contributed by atoms with van der Waals surface area (Å²) >= 11 is 1.50. The third kappa shape index (κ3) is 4.71. The number of benzene rings is 3. The molecule has 4 bridgehead atoms. The van der Waals surface area contributed by atoms with Crippen molar-refractivity contribution in [2.45, 2.75) is 81.7 Å². The first-order valence-corrected chi connectivity index (χ1v) is 19.0. The number of fused-ring (bicyclic) bond motifs is 9. The van der Waals surface area contributed by atoms with Crippen molar-refractivity contribution in [3.8, 4) is 34.5 Å². The number of aliphatic hydroxyl groups excluding tert-OH is 1. The van der Waals surface area contributed by atoms with Gasteiger partial charge in [0.15, 0.2) is 28.5 Å². The van der Waals surface area contributed by atoms with E-state index >= 15 is 0 Å². The van der Waals surface area contributed by atoms with Crippen LogP contribution < -0.4 is 24.3 Å². The Kier molecular flexibility index (Phi) is 7.92. The van der Waals surface area contributed by atoms with E-state index in [2.05, 4.69) is 10.2 Å². The number of phenolic OH excluding ortho intramolecular Hbond substituents is 2. The summed E-state index contributed by atoms with van der Waals surface area (Å²) < 4.78 is 30.4. The third-order valence-corrected chi connectivity index (χ3v) is 13.8. The van der Waals surface area contributed by atoms with Crippen LogP contribution in [0.25, 0.3) is 0 Å². The smallest absolute Gasteiger partial charge is 0.331 e. The van der Waals surface area contributed by atoms with Gasteiger partial charge < -0.3 is 39.0 Å². The molecule has 0 saturated carbocycles. The summed E-state index contributed by atoms with van der Waals surface area (Å²) in [7, 11) is 3.51. The van der Waals surface area contributed by atoms with E-state index in [1.165, 1.54) is 18.7 Å². The van der Waals surface area contributed by atoms with Crippen molar-refractivity contribution < 1.29 is 48.6 Å². The Morgan fingerprint density at radius 1 is 1.02 bits per heavy atom. The van der Waals surface area contributed by atoms with E-state index in [1.807, 2.05) is 44.9 Å². The summed E-state index contributed by atoms with van der Waals surface area (Å²) in [5.74, 6) is 1.09. The summed E-state index contributed by atoms with van der Waals surface area (Å²) in [6.07, 6.45) is 0.0521. The molecule has 10 rings (SSSR count). The minimum atomic E-state index is -1.28. The molecule has 3 aromatic rings. The zero-order valence-electron chi connectivity index (χ0n) is 30.4. The number of methoxy groups -OCH3 is 1. The predicted molar refractivity (Wildman–Crippen MR) is 193 cm³/mol. The summed E-state index contributed by atoms with van der Waals surface area (Å²) in [5, 5.41) is 38.2. The number of carbonyl (C=O) groups is 2. The van der Waals surface area contributed by atoms with Crippen LogP contribution in [-0.2, 0) is 32.7 Å². The third-order valence-electron chi connectivity index (χ3n) is 12.3. The lowest BCUT2D eigenvalue weighted by atomic mass is 9.73. The number of thioether (sulfide) groups is 1. The highest BCUT2D eigenvalue weighted by Crippen LogP contribution is 2.64. The number of nitrogens with one attached hydrogen (secondary N) is 1. The van der Waals surface area contributed by atoms with Crippen molar-refractivity contribution in [2.24, 2.45) is 0 Å². The normalized spacial score (nSPS) is 29.8. The van der Waals surface area contributed by atoms with Gasteiger partial charge in [0.1, 0.15) is 24.3 Å².